The molecule has 0 fully saturated rings. The van der Waals surface area contributed by atoms with Gasteiger partial charge in [-0.1, -0.05) is 48.5 Å². The first-order valence-corrected chi connectivity index (χ1v) is 8.62. The Morgan fingerprint density at radius 1 is 0.864 bits per heavy atom. The molecule has 0 aliphatic carbocycles. The third-order valence-electron chi connectivity index (χ3n) is 3.32. The third kappa shape index (κ3) is 3.26. The summed E-state index contributed by atoms with van der Waals surface area (Å²) in [6.07, 6.45) is 0. The van der Waals surface area contributed by atoms with Crippen LogP contribution in [-0.2, 0) is 21.3 Å². The van der Waals surface area contributed by atoms with E-state index in [0.29, 0.717) is 16.5 Å². The van der Waals surface area contributed by atoms with E-state index in [0.717, 1.165) is 0 Å². The van der Waals surface area contributed by atoms with Crippen LogP contribution in [0.5, 0.6) is 0 Å². The van der Waals surface area contributed by atoms with Gasteiger partial charge in [-0.05, 0) is 17.7 Å². The van der Waals surface area contributed by atoms with Crippen molar-refractivity contribution in [3.63, 3.8) is 0 Å². The van der Waals surface area contributed by atoms with Gasteiger partial charge in [-0.25, -0.2) is 13.2 Å². The van der Waals surface area contributed by atoms with Crippen LogP contribution in [-0.4, -0.2) is 8.42 Å². The van der Waals surface area contributed by atoms with Gasteiger partial charge in [0.25, 0.3) is 0 Å². The molecule has 1 aromatic heterocycles. The minimum Gasteiger partial charge on any atom is -0.423 e. The first-order chi connectivity index (χ1) is 10.5. The zero-order valence-corrected chi connectivity index (χ0v) is 12.5. The monoisotopic (exact) mass is 314 g/mol. The van der Waals surface area contributed by atoms with Crippen LogP contribution in [0.4, 0.5) is 0 Å². The van der Waals surface area contributed by atoms with Crippen molar-refractivity contribution in [3.8, 4) is 0 Å². The molecule has 0 amide bonds. The lowest BCUT2D eigenvalue weighted by Gasteiger charge is -2.05. The molecule has 3 aromatic rings. The van der Waals surface area contributed by atoms with E-state index in [1.807, 2.05) is 12.1 Å². The molecular weight excluding hydrogens is 300 g/mol. The van der Waals surface area contributed by atoms with E-state index in [2.05, 4.69) is 0 Å². The van der Waals surface area contributed by atoms with Crippen LogP contribution in [0.3, 0.4) is 0 Å². The summed E-state index contributed by atoms with van der Waals surface area (Å²) in [6.45, 7) is 0. The van der Waals surface area contributed by atoms with Gasteiger partial charge in [0, 0.05) is 5.39 Å². The fraction of sp³-hybridized carbons (Fsp3) is 0.118. The van der Waals surface area contributed by atoms with Crippen molar-refractivity contribution in [1.29, 1.82) is 0 Å². The fourth-order valence-electron chi connectivity index (χ4n) is 2.32. The second kappa shape index (κ2) is 5.77. The topological polar surface area (TPSA) is 64.3 Å². The van der Waals surface area contributed by atoms with Crippen molar-refractivity contribution < 1.29 is 12.8 Å². The molecule has 5 heteroatoms. The zero-order valence-electron chi connectivity index (χ0n) is 11.7. The Morgan fingerprint density at radius 3 is 2.32 bits per heavy atom. The molecule has 4 nitrogen and oxygen atoms in total. The second-order valence-electron chi connectivity index (χ2n) is 5.11. The van der Waals surface area contributed by atoms with E-state index in [1.165, 1.54) is 0 Å². The van der Waals surface area contributed by atoms with E-state index in [4.69, 9.17) is 4.42 Å². The summed E-state index contributed by atoms with van der Waals surface area (Å²) >= 11 is 0. The molecule has 0 radical (unpaired) electrons. The Bertz CT molecular complexity index is 957. The maximum Gasteiger partial charge on any atom is 0.340 e. The minimum absolute atomic E-state index is 0.0971. The summed E-state index contributed by atoms with van der Waals surface area (Å²) in [5.41, 5.74) is 0.717. The number of rotatable bonds is 4. The molecule has 0 unspecified atom stereocenters. The molecule has 0 atom stereocenters. The van der Waals surface area contributed by atoms with Crippen LogP contribution in [0.15, 0.2) is 69.9 Å². The van der Waals surface area contributed by atoms with Gasteiger partial charge >= 0.3 is 5.63 Å². The summed E-state index contributed by atoms with van der Waals surface area (Å²) < 4.78 is 29.7. The molecule has 112 valence electrons. The van der Waals surface area contributed by atoms with Crippen LogP contribution < -0.4 is 5.63 Å². The third-order valence-corrected chi connectivity index (χ3v) is 4.84. The molecule has 1 heterocycles. The maximum absolute atomic E-state index is 12.3. The Balaban J connectivity index is 1.92. The highest BCUT2D eigenvalue weighted by atomic mass is 32.2. The molecule has 0 aliphatic heterocycles. The zero-order chi connectivity index (χ0) is 15.6. The van der Waals surface area contributed by atoms with Crippen LogP contribution in [0.1, 0.15) is 11.1 Å². The van der Waals surface area contributed by atoms with Gasteiger partial charge in [-0.15, -0.1) is 0 Å². The molecular formula is C17H14O4S. The van der Waals surface area contributed by atoms with E-state index >= 15 is 0 Å². The van der Waals surface area contributed by atoms with Crippen LogP contribution >= 0.6 is 0 Å². The first-order valence-electron chi connectivity index (χ1n) is 6.80. The Hall–Kier alpha value is -2.40. The van der Waals surface area contributed by atoms with Crippen molar-refractivity contribution >= 4 is 20.8 Å². The molecule has 0 N–H and O–H groups in total. The average molecular weight is 314 g/mol. The second-order valence-corrected chi connectivity index (χ2v) is 7.18. The smallest absolute Gasteiger partial charge is 0.340 e. The first kappa shape index (κ1) is 14.5. The summed E-state index contributed by atoms with van der Waals surface area (Å²) in [6, 6.07) is 17.5. The van der Waals surface area contributed by atoms with Crippen molar-refractivity contribution in [1.82, 2.24) is 0 Å². The van der Waals surface area contributed by atoms with Gasteiger partial charge in [0.1, 0.15) is 5.58 Å². The Kier molecular flexibility index (Phi) is 3.81. The predicted molar refractivity (Wildman–Crippen MR) is 85.3 cm³/mol. The number of fused-ring (bicyclic) bond motifs is 1. The molecule has 2 aromatic carbocycles. The van der Waals surface area contributed by atoms with Gasteiger partial charge in [-0.3, -0.25) is 0 Å². The van der Waals surface area contributed by atoms with Gasteiger partial charge in [-0.2, -0.15) is 0 Å². The van der Waals surface area contributed by atoms with E-state index in [1.54, 1.807) is 48.5 Å². The number of hydrogen-bond donors (Lipinski definition) is 0. The summed E-state index contributed by atoms with van der Waals surface area (Å²) in [7, 11) is -3.44. The normalized spacial score (nSPS) is 11.6. The standard InChI is InChI=1S/C17H14O4S/c18-17-15(10-14-8-4-5-9-16(14)21-17)12-22(19,20)11-13-6-2-1-3-7-13/h1-10H,11-12H2. The number of benzene rings is 2. The predicted octanol–water partition coefficient (Wildman–Crippen LogP) is 2.91. The van der Waals surface area contributed by atoms with Gasteiger partial charge in [0.05, 0.1) is 17.1 Å². The van der Waals surface area contributed by atoms with Crippen molar-refractivity contribution in [3.05, 3.63) is 82.2 Å². The molecule has 0 saturated carbocycles. The van der Waals surface area contributed by atoms with Crippen molar-refractivity contribution in [2.24, 2.45) is 0 Å². The molecule has 0 spiro atoms. The Morgan fingerprint density at radius 2 is 1.55 bits per heavy atom. The van der Waals surface area contributed by atoms with Crippen LogP contribution in [0.25, 0.3) is 11.0 Å². The van der Waals surface area contributed by atoms with Crippen molar-refractivity contribution in [2.75, 3.05) is 0 Å². The van der Waals surface area contributed by atoms with E-state index in [-0.39, 0.29) is 17.1 Å². The van der Waals surface area contributed by atoms with E-state index < -0.39 is 15.5 Å². The molecule has 22 heavy (non-hydrogen) atoms. The lowest BCUT2D eigenvalue weighted by molar-refractivity contribution is 0.550. The number of para-hydroxylation sites is 1. The number of sulfone groups is 1. The summed E-state index contributed by atoms with van der Waals surface area (Å²) in [4.78, 5) is 11.9. The van der Waals surface area contributed by atoms with Gasteiger partial charge in [0.15, 0.2) is 9.84 Å². The SMILES string of the molecule is O=c1oc2ccccc2cc1CS(=O)(=O)Cc1ccccc1. The Labute approximate surface area is 127 Å². The summed E-state index contributed by atoms with van der Waals surface area (Å²) in [5, 5.41) is 0.715. The fourth-order valence-corrected chi connectivity index (χ4v) is 3.80. The van der Waals surface area contributed by atoms with E-state index in [9.17, 15) is 13.2 Å². The highest BCUT2D eigenvalue weighted by Crippen LogP contribution is 2.16. The summed E-state index contributed by atoms with van der Waals surface area (Å²) in [5.74, 6) is -0.421. The van der Waals surface area contributed by atoms with Gasteiger partial charge in [0.2, 0.25) is 0 Å². The lowest BCUT2D eigenvalue weighted by Crippen LogP contribution is -2.15. The van der Waals surface area contributed by atoms with Crippen molar-refractivity contribution in [2.45, 2.75) is 11.5 Å². The molecule has 0 bridgehead atoms. The molecule has 3 rings (SSSR count). The highest BCUT2D eigenvalue weighted by Gasteiger charge is 2.16. The number of hydrogen-bond acceptors (Lipinski definition) is 4. The molecule has 0 aliphatic rings. The largest absolute Gasteiger partial charge is 0.423 e. The minimum atomic E-state index is -3.44. The van der Waals surface area contributed by atoms with Crippen LogP contribution in [0, 0.1) is 0 Å². The lowest BCUT2D eigenvalue weighted by atomic mass is 10.2. The molecule has 0 saturated heterocycles. The quantitative estimate of drug-likeness (QED) is 0.695. The maximum atomic E-state index is 12.3. The average Bonchev–Trinajstić information content (AvgIpc) is 2.48. The van der Waals surface area contributed by atoms with Gasteiger partial charge < -0.3 is 4.42 Å². The van der Waals surface area contributed by atoms with Crippen LogP contribution in [0.2, 0.25) is 0 Å². The highest BCUT2D eigenvalue weighted by molar-refractivity contribution is 7.89.